The minimum Gasteiger partial charge on any atom is -0.496 e. The lowest BCUT2D eigenvalue weighted by atomic mass is 10.1. The zero-order chi connectivity index (χ0) is 18.7. The van der Waals surface area contributed by atoms with Crippen LogP contribution < -0.4 is 10.1 Å². The molecule has 1 atom stereocenters. The number of para-hydroxylation sites is 1. The molecule has 1 aliphatic heterocycles. The molecule has 2 amide bonds. The summed E-state index contributed by atoms with van der Waals surface area (Å²) >= 11 is 6.00. The topological polar surface area (TPSA) is 58.6 Å². The molecular formula is C20H21ClN2O3. The fraction of sp³-hybridized carbons (Fsp3) is 0.300. The van der Waals surface area contributed by atoms with Crippen molar-refractivity contribution in [1.82, 2.24) is 4.90 Å². The summed E-state index contributed by atoms with van der Waals surface area (Å²) in [5.41, 5.74) is 2.53. The summed E-state index contributed by atoms with van der Waals surface area (Å²) in [4.78, 5) is 26.6. The molecule has 136 valence electrons. The Bertz CT molecular complexity index is 838. The van der Waals surface area contributed by atoms with Crippen molar-refractivity contribution in [3.63, 3.8) is 0 Å². The third-order valence-electron chi connectivity index (χ3n) is 4.60. The van der Waals surface area contributed by atoms with E-state index in [1.807, 2.05) is 37.3 Å². The maximum Gasteiger partial charge on any atom is 0.229 e. The number of nitrogens with one attached hydrogen (secondary N) is 1. The highest BCUT2D eigenvalue weighted by atomic mass is 35.5. The molecule has 0 saturated carbocycles. The van der Waals surface area contributed by atoms with Gasteiger partial charge in [-0.2, -0.15) is 0 Å². The fourth-order valence-electron chi connectivity index (χ4n) is 3.10. The van der Waals surface area contributed by atoms with Crippen molar-refractivity contribution in [2.75, 3.05) is 19.0 Å². The number of likely N-dealkylation sites (tertiary alicyclic amines) is 1. The van der Waals surface area contributed by atoms with Gasteiger partial charge in [0.2, 0.25) is 11.8 Å². The van der Waals surface area contributed by atoms with Crippen molar-refractivity contribution in [1.29, 1.82) is 0 Å². The lowest BCUT2D eigenvalue weighted by molar-refractivity contribution is -0.128. The molecule has 1 saturated heterocycles. The number of benzene rings is 2. The molecule has 0 aromatic heterocycles. The van der Waals surface area contributed by atoms with Crippen LogP contribution in [0.2, 0.25) is 5.02 Å². The van der Waals surface area contributed by atoms with E-state index < -0.39 is 0 Å². The number of methoxy groups -OCH3 is 1. The monoisotopic (exact) mass is 372 g/mol. The average Bonchev–Trinajstić information content (AvgIpc) is 2.99. The summed E-state index contributed by atoms with van der Waals surface area (Å²) in [6, 6.07) is 12.9. The summed E-state index contributed by atoms with van der Waals surface area (Å²) in [5.74, 6) is 0.170. The minimum absolute atomic E-state index is 0.0288. The maximum atomic E-state index is 12.6. The lowest BCUT2D eigenvalue weighted by Gasteiger charge is -2.18. The van der Waals surface area contributed by atoms with Crippen LogP contribution in [0, 0.1) is 12.8 Å². The van der Waals surface area contributed by atoms with Gasteiger partial charge in [-0.15, -0.1) is 0 Å². The Morgan fingerprint density at radius 2 is 2.08 bits per heavy atom. The van der Waals surface area contributed by atoms with E-state index in [-0.39, 0.29) is 24.2 Å². The van der Waals surface area contributed by atoms with Gasteiger partial charge in [0.1, 0.15) is 5.75 Å². The molecule has 5 nitrogen and oxygen atoms in total. The summed E-state index contributed by atoms with van der Waals surface area (Å²) < 4.78 is 5.34. The van der Waals surface area contributed by atoms with E-state index in [0.717, 1.165) is 16.9 Å². The minimum atomic E-state index is -0.379. The van der Waals surface area contributed by atoms with Crippen LogP contribution in [0.4, 0.5) is 5.69 Å². The standard InChI is InChI=1S/C20H21ClN2O3/c1-13-7-8-16(21)10-17(13)22-20(25)15-9-19(24)23(12-15)11-14-5-3-4-6-18(14)26-2/h3-8,10,15H,9,11-12H2,1-2H3,(H,22,25). The largest absolute Gasteiger partial charge is 0.496 e. The number of anilines is 1. The van der Waals surface area contributed by atoms with Gasteiger partial charge in [-0.25, -0.2) is 0 Å². The summed E-state index contributed by atoms with van der Waals surface area (Å²) in [6.07, 6.45) is 0.209. The van der Waals surface area contributed by atoms with E-state index in [4.69, 9.17) is 16.3 Å². The van der Waals surface area contributed by atoms with Gasteiger partial charge in [0.05, 0.1) is 13.0 Å². The van der Waals surface area contributed by atoms with Gasteiger partial charge in [-0.1, -0.05) is 35.9 Å². The van der Waals surface area contributed by atoms with Crippen LogP contribution in [0.1, 0.15) is 17.5 Å². The molecule has 0 spiro atoms. The number of halogens is 1. The van der Waals surface area contributed by atoms with Crippen LogP contribution in [-0.4, -0.2) is 30.4 Å². The van der Waals surface area contributed by atoms with E-state index >= 15 is 0 Å². The average molecular weight is 373 g/mol. The number of carbonyl (C=O) groups excluding carboxylic acids is 2. The molecule has 6 heteroatoms. The zero-order valence-corrected chi connectivity index (χ0v) is 15.5. The first-order valence-corrected chi connectivity index (χ1v) is 8.82. The Labute approximate surface area is 157 Å². The first-order valence-electron chi connectivity index (χ1n) is 8.44. The number of amides is 2. The quantitative estimate of drug-likeness (QED) is 0.871. The number of carbonyl (C=O) groups is 2. The van der Waals surface area contributed by atoms with Gasteiger partial charge in [0.15, 0.2) is 0 Å². The highest BCUT2D eigenvalue weighted by Gasteiger charge is 2.34. The van der Waals surface area contributed by atoms with Gasteiger partial charge in [-0.3, -0.25) is 9.59 Å². The molecule has 1 unspecified atom stereocenters. The Morgan fingerprint density at radius 1 is 1.31 bits per heavy atom. The second-order valence-electron chi connectivity index (χ2n) is 6.44. The maximum absolute atomic E-state index is 12.6. The molecule has 1 heterocycles. The van der Waals surface area contributed by atoms with Crippen molar-refractivity contribution < 1.29 is 14.3 Å². The van der Waals surface area contributed by atoms with E-state index in [0.29, 0.717) is 23.8 Å². The Balaban J connectivity index is 1.67. The number of nitrogens with zero attached hydrogens (tertiary/aromatic N) is 1. The Hall–Kier alpha value is -2.53. The molecule has 0 radical (unpaired) electrons. The number of rotatable bonds is 5. The van der Waals surface area contributed by atoms with Crippen LogP contribution in [0.15, 0.2) is 42.5 Å². The van der Waals surface area contributed by atoms with E-state index in [9.17, 15) is 9.59 Å². The molecule has 26 heavy (non-hydrogen) atoms. The molecular weight excluding hydrogens is 352 g/mol. The molecule has 2 aromatic rings. The van der Waals surface area contributed by atoms with Crippen molar-refractivity contribution >= 4 is 29.1 Å². The molecule has 0 aliphatic carbocycles. The summed E-state index contributed by atoms with van der Waals surface area (Å²) in [5, 5.41) is 3.45. The van der Waals surface area contributed by atoms with Gasteiger partial charge in [0, 0.05) is 35.8 Å². The second kappa shape index (κ2) is 7.79. The third kappa shape index (κ3) is 3.99. The zero-order valence-electron chi connectivity index (χ0n) is 14.8. The van der Waals surface area contributed by atoms with Gasteiger partial charge >= 0.3 is 0 Å². The van der Waals surface area contributed by atoms with Gasteiger partial charge in [0.25, 0.3) is 0 Å². The molecule has 1 fully saturated rings. The SMILES string of the molecule is COc1ccccc1CN1CC(C(=O)Nc2cc(Cl)ccc2C)CC1=O. The van der Waals surface area contributed by atoms with Crippen LogP contribution in [0.3, 0.4) is 0 Å². The number of ether oxygens (including phenoxy) is 1. The van der Waals surface area contributed by atoms with Crippen LogP contribution >= 0.6 is 11.6 Å². The van der Waals surface area contributed by atoms with E-state index in [2.05, 4.69) is 5.32 Å². The number of hydrogen-bond acceptors (Lipinski definition) is 3. The number of hydrogen-bond donors (Lipinski definition) is 1. The lowest BCUT2D eigenvalue weighted by Crippen LogP contribution is -2.28. The first-order chi connectivity index (χ1) is 12.5. The van der Waals surface area contributed by atoms with E-state index in [1.54, 1.807) is 24.1 Å². The van der Waals surface area contributed by atoms with Crippen LogP contribution in [-0.2, 0) is 16.1 Å². The van der Waals surface area contributed by atoms with Gasteiger partial charge in [-0.05, 0) is 30.7 Å². The Morgan fingerprint density at radius 3 is 2.85 bits per heavy atom. The van der Waals surface area contributed by atoms with Crippen LogP contribution in [0.5, 0.6) is 5.75 Å². The molecule has 1 aliphatic rings. The molecule has 1 N–H and O–H groups in total. The summed E-state index contributed by atoms with van der Waals surface area (Å²) in [7, 11) is 1.61. The van der Waals surface area contributed by atoms with E-state index in [1.165, 1.54) is 0 Å². The third-order valence-corrected chi connectivity index (χ3v) is 4.83. The predicted octanol–water partition coefficient (Wildman–Crippen LogP) is 3.64. The van der Waals surface area contributed by atoms with Gasteiger partial charge < -0.3 is 15.0 Å². The van der Waals surface area contributed by atoms with Crippen molar-refractivity contribution in [2.45, 2.75) is 19.9 Å². The van der Waals surface area contributed by atoms with Crippen molar-refractivity contribution in [2.24, 2.45) is 5.92 Å². The van der Waals surface area contributed by atoms with Crippen molar-refractivity contribution in [3.05, 3.63) is 58.6 Å². The molecule has 2 aromatic carbocycles. The second-order valence-corrected chi connectivity index (χ2v) is 6.87. The van der Waals surface area contributed by atoms with Crippen molar-refractivity contribution in [3.8, 4) is 5.75 Å². The smallest absolute Gasteiger partial charge is 0.229 e. The predicted molar refractivity (Wildman–Crippen MR) is 101 cm³/mol. The Kier molecular flexibility index (Phi) is 5.47. The molecule has 3 rings (SSSR count). The highest BCUT2D eigenvalue weighted by Crippen LogP contribution is 2.26. The molecule has 0 bridgehead atoms. The number of aryl methyl sites for hydroxylation is 1. The van der Waals surface area contributed by atoms with Crippen LogP contribution in [0.25, 0.3) is 0 Å². The normalized spacial score (nSPS) is 16.7. The first kappa shape index (κ1) is 18.3. The fourth-order valence-corrected chi connectivity index (χ4v) is 3.28. The summed E-state index contributed by atoms with van der Waals surface area (Å²) in [6.45, 7) is 2.73. The highest BCUT2D eigenvalue weighted by molar-refractivity contribution is 6.31.